The molecule has 0 aliphatic rings. The minimum atomic E-state index is -7.59. The highest BCUT2D eigenvalue weighted by atomic mass is 19.4. The smallest absolute Gasteiger partial charge is 0.457 e. The molecule has 0 atom stereocenters. The molecule has 0 heterocycles. The van der Waals surface area contributed by atoms with Crippen LogP contribution < -0.4 is 30.4 Å². The topological polar surface area (TPSA) is 89.0 Å². The number of ether oxygens (including phenoxy) is 4. The van der Waals surface area contributed by atoms with Crippen LogP contribution in [0.2, 0.25) is 0 Å². The molecule has 4 N–H and O–H groups in total. The molecule has 0 radical (unpaired) electrons. The van der Waals surface area contributed by atoms with Crippen LogP contribution in [0.25, 0.3) is 0 Å². The molecule has 3 aromatic rings. The van der Waals surface area contributed by atoms with Crippen LogP contribution in [0, 0.1) is 0 Å². The van der Waals surface area contributed by atoms with Crippen molar-refractivity contribution in [2.75, 3.05) is 11.5 Å². The van der Waals surface area contributed by atoms with E-state index in [-0.39, 0.29) is 11.5 Å². The molecular weight excluding hydrogens is 870 g/mol. The molecule has 0 unspecified atom stereocenters. The van der Waals surface area contributed by atoms with Gasteiger partial charge in [0.05, 0.1) is 11.4 Å². The highest BCUT2D eigenvalue weighted by molar-refractivity contribution is 5.58. The molecule has 6 nitrogen and oxygen atoms in total. The van der Waals surface area contributed by atoms with Crippen molar-refractivity contribution in [1.29, 1.82) is 0 Å². The number of anilines is 2. The largest absolute Gasteiger partial charge is 0.460 e. The van der Waals surface area contributed by atoms with Gasteiger partial charge < -0.3 is 30.4 Å². The molecule has 58 heavy (non-hydrogen) atoms. The van der Waals surface area contributed by atoms with E-state index in [1.165, 1.54) is 0 Å². The molecule has 0 aliphatic carbocycles. The molecule has 28 heteroatoms. The van der Waals surface area contributed by atoms with Gasteiger partial charge in [-0.15, -0.1) is 0 Å². The minimum absolute atomic E-state index is 0.274. The minimum Gasteiger partial charge on any atom is -0.457 e. The lowest BCUT2D eigenvalue weighted by Crippen LogP contribution is -2.61. The molecule has 0 bridgehead atoms. The monoisotopic (exact) mass is 884 g/mol. The van der Waals surface area contributed by atoms with E-state index in [9.17, 15) is 96.6 Å². The van der Waals surface area contributed by atoms with Gasteiger partial charge >= 0.3 is 59.9 Å². The summed E-state index contributed by atoms with van der Waals surface area (Å²) in [6.07, 6.45) is -14.7. The van der Waals surface area contributed by atoms with Gasteiger partial charge in [0, 0.05) is 12.1 Å². The Morgan fingerprint density at radius 2 is 0.638 bits per heavy atom. The van der Waals surface area contributed by atoms with Crippen LogP contribution in [-0.4, -0.2) is 47.9 Å². The van der Waals surface area contributed by atoms with E-state index < -0.39 is 106 Å². The quantitative estimate of drug-likeness (QED) is 0.0952. The van der Waals surface area contributed by atoms with Gasteiger partial charge in [-0.25, -0.2) is 0 Å². The number of hydrogen-bond acceptors (Lipinski definition) is 6. The third kappa shape index (κ3) is 8.48. The fourth-order valence-electron chi connectivity index (χ4n) is 3.74. The Bertz CT molecular complexity index is 1900. The van der Waals surface area contributed by atoms with E-state index in [4.69, 9.17) is 20.9 Å². The summed E-state index contributed by atoms with van der Waals surface area (Å²) in [7, 11) is 0. The number of hydrogen-bond donors (Lipinski definition) is 2. The van der Waals surface area contributed by atoms with Crippen LogP contribution in [0.1, 0.15) is 0 Å². The Kier molecular flexibility index (Phi) is 12.3. The molecule has 0 spiro atoms. The zero-order valence-electron chi connectivity index (χ0n) is 26.9. The summed E-state index contributed by atoms with van der Waals surface area (Å²) in [6.45, 7) is 0. The third-order valence-electron chi connectivity index (χ3n) is 6.85. The average molecular weight is 884 g/mol. The van der Waals surface area contributed by atoms with Crippen LogP contribution in [0.15, 0.2) is 84.3 Å². The Morgan fingerprint density at radius 3 is 0.897 bits per heavy atom. The van der Waals surface area contributed by atoms with Gasteiger partial charge in [0.25, 0.3) is 0 Å². The van der Waals surface area contributed by atoms with Crippen molar-refractivity contribution in [2.24, 2.45) is 0 Å². The summed E-state index contributed by atoms with van der Waals surface area (Å²) >= 11 is 0. The number of allylic oxidation sites excluding steroid dienone is 2. The average Bonchev–Trinajstić information content (AvgIpc) is 3.09. The molecule has 0 aliphatic heterocycles. The number of nitrogens with two attached hydrogens (primary N) is 2. The second-order valence-corrected chi connectivity index (χ2v) is 10.9. The molecular formula is C30H14F22N2O4. The molecule has 0 saturated carbocycles. The van der Waals surface area contributed by atoms with E-state index in [0.717, 1.165) is 36.4 Å². The van der Waals surface area contributed by atoms with Gasteiger partial charge in [0.15, 0.2) is 11.5 Å². The fraction of sp³-hybridized carbons (Fsp3) is 0.267. The van der Waals surface area contributed by atoms with Crippen molar-refractivity contribution in [3.05, 3.63) is 84.3 Å². The summed E-state index contributed by atoms with van der Waals surface area (Å²) in [5.74, 6) is -57.2. The van der Waals surface area contributed by atoms with Crippen molar-refractivity contribution < 1.29 is 116 Å². The van der Waals surface area contributed by atoms with Crippen molar-refractivity contribution in [3.8, 4) is 34.5 Å². The Labute approximate surface area is 305 Å². The molecule has 0 fully saturated rings. The Morgan fingerprint density at radius 1 is 0.379 bits per heavy atom. The SMILES string of the molecule is Nc1ccc(Oc2ccc(Oc3ccc(N)c(OC(F)=C(F)C(F)(F)C(F)(F)C(F)(F)C(F)(F)F)c3)cc2)cc1OC(F)=C(F)C(F)(F)C(F)(F)C(F)(F)C(F)(F)F. The Hall–Kier alpha value is -5.60. The lowest BCUT2D eigenvalue weighted by molar-refractivity contribution is -0.392. The van der Waals surface area contributed by atoms with Gasteiger partial charge in [-0.3, -0.25) is 0 Å². The van der Waals surface area contributed by atoms with E-state index in [0.29, 0.717) is 24.3 Å². The van der Waals surface area contributed by atoms with Crippen LogP contribution in [0.5, 0.6) is 34.5 Å². The summed E-state index contributed by atoms with van der Waals surface area (Å²) in [6, 6.07) is 1.21. The summed E-state index contributed by atoms with van der Waals surface area (Å²) < 4.78 is 310. The van der Waals surface area contributed by atoms with Crippen molar-refractivity contribution in [3.63, 3.8) is 0 Å². The maximum absolute atomic E-state index is 14.1. The molecule has 0 saturated heterocycles. The summed E-state index contributed by atoms with van der Waals surface area (Å²) in [4.78, 5) is 0. The zero-order chi connectivity index (χ0) is 44.8. The summed E-state index contributed by atoms with van der Waals surface area (Å²) in [5.41, 5.74) is 9.12. The molecule has 3 rings (SSSR count). The van der Waals surface area contributed by atoms with E-state index in [1.54, 1.807) is 0 Å². The normalized spacial score (nSPS) is 14.7. The van der Waals surface area contributed by atoms with E-state index >= 15 is 0 Å². The van der Waals surface area contributed by atoms with Crippen LogP contribution in [0.3, 0.4) is 0 Å². The highest BCUT2D eigenvalue weighted by Gasteiger charge is 2.84. The van der Waals surface area contributed by atoms with Gasteiger partial charge in [-0.2, -0.15) is 96.6 Å². The molecule has 322 valence electrons. The zero-order valence-corrected chi connectivity index (χ0v) is 26.9. The van der Waals surface area contributed by atoms with E-state index in [1.807, 2.05) is 0 Å². The number of rotatable bonds is 14. The van der Waals surface area contributed by atoms with Crippen molar-refractivity contribution >= 4 is 11.4 Å². The second-order valence-electron chi connectivity index (χ2n) is 10.9. The predicted molar refractivity (Wildman–Crippen MR) is 150 cm³/mol. The first kappa shape index (κ1) is 46.8. The van der Waals surface area contributed by atoms with Crippen molar-refractivity contribution in [1.82, 2.24) is 0 Å². The number of nitrogen functional groups attached to an aromatic ring is 2. The van der Waals surface area contributed by atoms with E-state index in [2.05, 4.69) is 9.47 Å². The van der Waals surface area contributed by atoms with Crippen LogP contribution >= 0.6 is 0 Å². The maximum Gasteiger partial charge on any atom is 0.460 e. The lowest BCUT2D eigenvalue weighted by atomic mass is 10.0. The maximum atomic E-state index is 14.1. The molecule has 0 amide bonds. The van der Waals surface area contributed by atoms with Crippen LogP contribution in [0.4, 0.5) is 108 Å². The van der Waals surface area contributed by atoms with Crippen LogP contribution in [-0.2, 0) is 0 Å². The number of halogens is 22. The second kappa shape index (κ2) is 15.3. The first-order chi connectivity index (χ1) is 26.0. The highest BCUT2D eigenvalue weighted by Crippen LogP contribution is 2.57. The fourth-order valence-corrected chi connectivity index (χ4v) is 3.74. The van der Waals surface area contributed by atoms with Crippen molar-refractivity contribution in [2.45, 2.75) is 47.9 Å². The molecule has 0 aromatic heterocycles. The Balaban J connectivity index is 1.80. The number of alkyl halides is 18. The third-order valence-corrected chi connectivity index (χ3v) is 6.85. The lowest BCUT2D eigenvalue weighted by Gasteiger charge is -2.32. The first-order valence-electron chi connectivity index (χ1n) is 14.2. The van der Waals surface area contributed by atoms with Gasteiger partial charge in [0.1, 0.15) is 23.0 Å². The number of benzene rings is 3. The van der Waals surface area contributed by atoms with Gasteiger partial charge in [-0.1, -0.05) is 0 Å². The molecule has 3 aromatic carbocycles. The first-order valence-corrected chi connectivity index (χ1v) is 14.2. The van der Waals surface area contributed by atoms with Gasteiger partial charge in [-0.05, 0) is 48.5 Å². The standard InChI is InChI=1S/C30H14F22N2O4/c31-19(23(35,36)25(39,40)27(43,44)29(47,48)49)21(33)57-17-9-13(5-7-15(17)53)55-11-1-2-12(4-3-11)56-14-6-8-16(54)18(10-14)58-22(34)20(32)24(37,38)26(41,42)28(45,46)30(50,51)52/h1-10H,53-54H2. The predicted octanol–water partition coefficient (Wildman–Crippen LogP) is 12.3. The van der Waals surface area contributed by atoms with Gasteiger partial charge in [0.2, 0.25) is 11.7 Å². The summed E-state index contributed by atoms with van der Waals surface area (Å²) in [5, 5.41) is 0.